The molecule has 0 saturated carbocycles. The molecule has 1 fully saturated rings. The zero-order valence-corrected chi connectivity index (χ0v) is 16.5. The third-order valence-electron chi connectivity index (χ3n) is 4.25. The van der Waals surface area contributed by atoms with Gasteiger partial charge in [0.25, 0.3) is 11.8 Å². The van der Waals surface area contributed by atoms with Gasteiger partial charge in [-0.25, -0.2) is 4.79 Å². The minimum absolute atomic E-state index is 0.215. The maximum atomic E-state index is 12.2. The maximum absolute atomic E-state index is 12.2. The van der Waals surface area contributed by atoms with E-state index in [-0.39, 0.29) is 15.7 Å². The average Bonchev–Trinajstić information content (AvgIpc) is 2.84. The van der Waals surface area contributed by atoms with Gasteiger partial charge in [-0.15, -0.1) is 0 Å². The van der Waals surface area contributed by atoms with Crippen molar-refractivity contribution >= 4 is 52.7 Å². The van der Waals surface area contributed by atoms with Gasteiger partial charge in [0.15, 0.2) is 6.61 Å². The SMILES string of the molecule is CC[C@]1(C)NC(=O)N(CC(=O)OCC(=O)Nc2c(Cl)ccc(C)c2Cl)C1=O. The largest absolute Gasteiger partial charge is 0.454 e. The summed E-state index contributed by atoms with van der Waals surface area (Å²) in [6.07, 6.45) is 0.379. The van der Waals surface area contributed by atoms with Gasteiger partial charge in [0, 0.05) is 0 Å². The van der Waals surface area contributed by atoms with Crippen LogP contribution in [0.5, 0.6) is 0 Å². The van der Waals surface area contributed by atoms with Crippen LogP contribution in [-0.4, -0.2) is 47.4 Å². The van der Waals surface area contributed by atoms with Gasteiger partial charge in [-0.1, -0.05) is 36.2 Å². The smallest absolute Gasteiger partial charge is 0.326 e. The van der Waals surface area contributed by atoms with Gasteiger partial charge >= 0.3 is 12.0 Å². The number of esters is 1. The van der Waals surface area contributed by atoms with Crippen molar-refractivity contribution < 1.29 is 23.9 Å². The predicted octanol–water partition coefficient (Wildman–Crippen LogP) is 2.50. The van der Waals surface area contributed by atoms with Crippen LogP contribution in [0.15, 0.2) is 12.1 Å². The van der Waals surface area contributed by atoms with Gasteiger partial charge in [0.1, 0.15) is 12.1 Å². The summed E-state index contributed by atoms with van der Waals surface area (Å²) < 4.78 is 4.84. The van der Waals surface area contributed by atoms with E-state index in [0.29, 0.717) is 12.0 Å². The topological polar surface area (TPSA) is 105 Å². The van der Waals surface area contributed by atoms with Crippen LogP contribution in [0.3, 0.4) is 0 Å². The lowest BCUT2D eigenvalue weighted by atomic mass is 9.99. The van der Waals surface area contributed by atoms with E-state index >= 15 is 0 Å². The fourth-order valence-corrected chi connectivity index (χ4v) is 2.86. The molecule has 8 nitrogen and oxygen atoms in total. The highest BCUT2D eigenvalue weighted by atomic mass is 35.5. The quantitative estimate of drug-likeness (QED) is 0.548. The summed E-state index contributed by atoms with van der Waals surface area (Å²) in [5.74, 6) is -2.07. The number of anilines is 1. The molecule has 0 aliphatic carbocycles. The number of rotatable bonds is 6. The zero-order valence-electron chi connectivity index (χ0n) is 15.0. The lowest BCUT2D eigenvalue weighted by Crippen LogP contribution is -2.43. The number of nitrogens with zero attached hydrogens (tertiary/aromatic N) is 1. The first-order chi connectivity index (χ1) is 12.6. The van der Waals surface area contributed by atoms with E-state index in [1.807, 2.05) is 0 Å². The van der Waals surface area contributed by atoms with Crippen LogP contribution in [0.2, 0.25) is 10.0 Å². The van der Waals surface area contributed by atoms with Gasteiger partial charge in [-0.2, -0.15) is 0 Å². The Morgan fingerprint density at radius 3 is 2.56 bits per heavy atom. The minimum Gasteiger partial charge on any atom is -0.454 e. The highest BCUT2D eigenvalue weighted by Gasteiger charge is 2.47. The lowest BCUT2D eigenvalue weighted by Gasteiger charge is -2.18. The second-order valence-corrected chi connectivity index (χ2v) is 7.05. The van der Waals surface area contributed by atoms with E-state index < -0.39 is 42.5 Å². The van der Waals surface area contributed by atoms with Crippen molar-refractivity contribution in [1.82, 2.24) is 10.2 Å². The molecule has 2 rings (SSSR count). The molecule has 1 heterocycles. The molecule has 1 aromatic carbocycles. The number of urea groups is 1. The molecule has 0 spiro atoms. The van der Waals surface area contributed by atoms with Gasteiger partial charge in [-0.05, 0) is 31.9 Å². The summed E-state index contributed by atoms with van der Waals surface area (Å²) in [7, 11) is 0. The Kier molecular flexibility index (Phi) is 6.33. The van der Waals surface area contributed by atoms with E-state index in [0.717, 1.165) is 4.90 Å². The highest BCUT2D eigenvalue weighted by molar-refractivity contribution is 6.40. The molecule has 1 aliphatic rings. The van der Waals surface area contributed by atoms with Crippen molar-refractivity contribution in [2.24, 2.45) is 0 Å². The Balaban J connectivity index is 1.91. The Bertz CT molecular complexity index is 814. The fourth-order valence-electron chi connectivity index (χ4n) is 2.40. The van der Waals surface area contributed by atoms with Crippen LogP contribution < -0.4 is 10.6 Å². The van der Waals surface area contributed by atoms with Crippen LogP contribution in [0.25, 0.3) is 0 Å². The summed E-state index contributed by atoms with van der Waals surface area (Å²) in [6, 6.07) is 2.60. The van der Waals surface area contributed by atoms with Crippen LogP contribution in [0.1, 0.15) is 25.8 Å². The lowest BCUT2D eigenvalue weighted by molar-refractivity contribution is -0.150. The third kappa shape index (κ3) is 4.51. The van der Waals surface area contributed by atoms with E-state index in [4.69, 9.17) is 27.9 Å². The number of benzene rings is 1. The second-order valence-electron chi connectivity index (χ2n) is 6.27. The number of nitrogens with one attached hydrogen (secondary N) is 2. The number of amides is 4. The van der Waals surface area contributed by atoms with Crippen LogP contribution >= 0.6 is 23.2 Å². The summed E-state index contributed by atoms with van der Waals surface area (Å²) >= 11 is 12.1. The number of hydrogen-bond acceptors (Lipinski definition) is 5. The minimum atomic E-state index is -1.05. The van der Waals surface area contributed by atoms with Crippen LogP contribution in [0.4, 0.5) is 10.5 Å². The van der Waals surface area contributed by atoms with E-state index in [1.54, 1.807) is 32.9 Å². The second kappa shape index (κ2) is 8.14. The predicted molar refractivity (Wildman–Crippen MR) is 99.7 cm³/mol. The molecule has 4 amide bonds. The normalized spacial score (nSPS) is 19.1. The highest BCUT2D eigenvalue weighted by Crippen LogP contribution is 2.32. The standard InChI is InChI=1S/C17H19Cl2N3O5/c1-4-17(3)15(25)22(16(26)21-17)7-12(24)27-8-11(23)20-14-10(18)6-5-9(2)13(14)19/h5-6H,4,7-8H2,1-3H3,(H,20,23)(H,21,26)/t17-/m0/s1. The Morgan fingerprint density at radius 2 is 1.96 bits per heavy atom. The Labute approximate surface area is 166 Å². The molecule has 2 N–H and O–H groups in total. The molecular weight excluding hydrogens is 397 g/mol. The summed E-state index contributed by atoms with van der Waals surface area (Å²) in [5.41, 5.74) is -0.119. The Morgan fingerprint density at radius 1 is 1.30 bits per heavy atom. The molecule has 0 bridgehead atoms. The van der Waals surface area contributed by atoms with Gasteiger partial charge in [-0.3, -0.25) is 19.3 Å². The molecule has 1 aliphatic heterocycles. The maximum Gasteiger partial charge on any atom is 0.326 e. The van der Waals surface area contributed by atoms with Crippen molar-refractivity contribution in [3.05, 3.63) is 27.7 Å². The van der Waals surface area contributed by atoms with Gasteiger partial charge in [0.2, 0.25) is 0 Å². The monoisotopic (exact) mass is 415 g/mol. The number of imide groups is 1. The van der Waals surface area contributed by atoms with Crippen LogP contribution in [0, 0.1) is 6.92 Å². The molecule has 0 unspecified atom stereocenters. The van der Waals surface area contributed by atoms with E-state index in [1.165, 1.54) is 0 Å². The molecule has 10 heteroatoms. The molecule has 1 atom stereocenters. The van der Waals surface area contributed by atoms with Crippen molar-refractivity contribution in [3.63, 3.8) is 0 Å². The average molecular weight is 416 g/mol. The first-order valence-corrected chi connectivity index (χ1v) is 8.89. The third-order valence-corrected chi connectivity index (χ3v) is 5.05. The number of aryl methyl sites for hydroxylation is 1. The molecular formula is C17H19Cl2N3O5. The fraction of sp³-hybridized carbons (Fsp3) is 0.412. The van der Waals surface area contributed by atoms with Crippen molar-refractivity contribution in [3.8, 4) is 0 Å². The number of ether oxygens (including phenoxy) is 1. The molecule has 0 aromatic heterocycles. The van der Waals surface area contributed by atoms with Crippen molar-refractivity contribution in [2.45, 2.75) is 32.7 Å². The summed E-state index contributed by atoms with van der Waals surface area (Å²) in [4.78, 5) is 48.7. The van der Waals surface area contributed by atoms with E-state index in [2.05, 4.69) is 10.6 Å². The van der Waals surface area contributed by atoms with Crippen molar-refractivity contribution in [1.29, 1.82) is 0 Å². The zero-order chi connectivity index (χ0) is 20.4. The molecule has 1 aromatic rings. The summed E-state index contributed by atoms with van der Waals surface area (Å²) in [6.45, 7) is 3.86. The Hall–Kier alpha value is -2.32. The number of hydrogen-bond donors (Lipinski definition) is 2. The van der Waals surface area contributed by atoms with Gasteiger partial charge in [0.05, 0.1) is 15.7 Å². The molecule has 27 heavy (non-hydrogen) atoms. The molecule has 1 saturated heterocycles. The van der Waals surface area contributed by atoms with E-state index in [9.17, 15) is 19.2 Å². The van der Waals surface area contributed by atoms with Gasteiger partial charge < -0.3 is 15.4 Å². The number of carbonyl (C=O) groups is 4. The first kappa shape index (κ1) is 21.0. The molecule has 0 radical (unpaired) electrons. The number of halogens is 2. The van der Waals surface area contributed by atoms with Crippen LogP contribution in [-0.2, 0) is 19.1 Å². The molecule has 146 valence electrons. The summed E-state index contributed by atoms with van der Waals surface area (Å²) in [5, 5.41) is 5.51. The van der Waals surface area contributed by atoms with Crippen molar-refractivity contribution in [2.75, 3.05) is 18.5 Å². The first-order valence-electron chi connectivity index (χ1n) is 8.13. The number of carbonyl (C=O) groups excluding carboxylic acids is 4.